The van der Waals surface area contributed by atoms with Crippen molar-refractivity contribution in [2.75, 3.05) is 5.32 Å². The van der Waals surface area contributed by atoms with Crippen LogP contribution in [0.15, 0.2) is 42.5 Å². The van der Waals surface area contributed by atoms with Crippen molar-refractivity contribution in [1.29, 1.82) is 0 Å². The number of nitrogens with one attached hydrogen (secondary N) is 1. The van der Waals surface area contributed by atoms with Crippen LogP contribution >= 0.6 is 11.6 Å². The first-order chi connectivity index (χ1) is 11.5. The summed E-state index contributed by atoms with van der Waals surface area (Å²) in [5.41, 5.74) is 1.99. The van der Waals surface area contributed by atoms with Crippen LogP contribution in [0.3, 0.4) is 0 Å². The van der Waals surface area contributed by atoms with Gasteiger partial charge in [0, 0.05) is 17.1 Å². The third-order valence-electron chi connectivity index (χ3n) is 3.43. The number of carbonyl (C=O) groups excluding carboxylic acids is 2. The highest BCUT2D eigenvalue weighted by Gasteiger charge is 2.11. The van der Waals surface area contributed by atoms with Gasteiger partial charge in [-0.15, -0.1) is 0 Å². The highest BCUT2D eigenvalue weighted by Crippen LogP contribution is 2.25. The topological polar surface area (TPSA) is 55.4 Å². The van der Waals surface area contributed by atoms with E-state index in [-0.39, 0.29) is 11.7 Å². The predicted molar refractivity (Wildman–Crippen MR) is 95.8 cm³/mol. The molecule has 0 aliphatic rings. The molecule has 24 heavy (non-hydrogen) atoms. The molecule has 0 spiro atoms. The highest BCUT2D eigenvalue weighted by atomic mass is 35.5. The van der Waals surface area contributed by atoms with Gasteiger partial charge in [0.05, 0.1) is 5.56 Å². The Kier molecular flexibility index (Phi) is 6.38. The standard InChI is InChI=1S/C19H20ClNO3/c1-3-4-19(23)21-16-9-10-18(17(11-16)13(2)22)24-12-14-5-7-15(20)8-6-14/h5-11H,3-4,12H2,1-2H3,(H,21,23). The van der Waals surface area contributed by atoms with Crippen LogP contribution in [-0.4, -0.2) is 11.7 Å². The maximum atomic E-state index is 11.9. The van der Waals surface area contributed by atoms with Crippen LogP contribution in [0.4, 0.5) is 5.69 Å². The maximum Gasteiger partial charge on any atom is 0.224 e. The Morgan fingerprint density at radius 3 is 2.46 bits per heavy atom. The molecule has 0 aliphatic heterocycles. The van der Waals surface area contributed by atoms with Crippen molar-refractivity contribution >= 4 is 29.0 Å². The molecule has 2 rings (SSSR count). The Balaban J connectivity index is 2.12. The van der Waals surface area contributed by atoms with Crippen LogP contribution in [0.5, 0.6) is 5.75 Å². The summed E-state index contributed by atoms with van der Waals surface area (Å²) < 4.78 is 5.76. The first-order valence-electron chi connectivity index (χ1n) is 7.81. The molecule has 4 nitrogen and oxygen atoms in total. The number of carbonyl (C=O) groups is 2. The molecule has 2 aromatic rings. The molecular weight excluding hydrogens is 326 g/mol. The van der Waals surface area contributed by atoms with Crippen LogP contribution in [-0.2, 0) is 11.4 Å². The van der Waals surface area contributed by atoms with E-state index in [1.807, 2.05) is 19.1 Å². The van der Waals surface area contributed by atoms with Gasteiger partial charge < -0.3 is 10.1 Å². The fourth-order valence-corrected chi connectivity index (χ4v) is 2.33. The minimum atomic E-state index is -0.118. The van der Waals surface area contributed by atoms with Crippen molar-refractivity contribution in [1.82, 2.24) is 0 Å². The number of Topliss-reactive ketones (excluding diaryl/α,β-unsaturated/α-hetero) is 1. The molecule has 126 valence electrons. The smallest absolute Gasteiger partial charge is 0.224 e. The molecule has 0 unspecified atom stereocenters. The first kappa shape index (κ1) is 18.0. The van der Waals surface area contributed by atoms with Gasteiger partial charge in [-0.25, -0.2) is 0 Å². The zero-order chi connectivity index (χ0) is 17.5. The molecule has 2 aromatic carbocycles. The van der Waals surface area contributed by atoms with E-state index in [1.165, 1.54) is 6.92 Å². The van der Waals surface area contributed by atoms with Crippen molar-refractivity contribution in [3.05, 3.63) is 58.6 Å². The maximum absolute atomic E-state index is 11.9. The second kappa shape index (κ2) is 8.50. The van der Waals surface area contributed by atoms with Crippen LogP contribution in [0.25, 0.3) is 0 Å². The van der Waals surface area contributed by atoms with Crippen molar-refractivity contribution in [3.63, 3.8) is 0 Å². The molecule has 0 bridgehead atoms. The monoisotopic (exact) mass is 345 g/mol. The van der Waals surface area contributed by atoms with E-state index in [9.17, 15) is 9.59 Å². The summed E-state index contributed by atoms with van der Waals surface area (Å²) in [6.45, 7) is 3.75. The van der Waals surface area contributed by atoms with Gasteiger partial charge in [-0.1, -0.05) is 30.7 Å². The lowest BCUT2D eigenvalue weighted by molar-refractivity contribution is -0.116. The lowest BCUT2D eigenvalue weighted by Crippen LogP contribution is -2.11. The Morgan fingerprint density at radius 1 is 1.12 bits per heavy atom. The molecular formula is C19H20ClNO3. The summed E-state index contributed by atoms with van der Waals surface area (Å²) in [5.74, 6) is 0.306. The summed E-state index contributed by atoms with van der Waals surface area (Å²) >= 11 is 5.86. The molecule has 0 radical (unpaired) electrons. The van der Waals surface area contributed by atoms with E-state index < -0.39 is 0 Å². The SMILES string of the molecule is CCCC(=O)Nc1ccc(OCc2ccc(Cl)cc2)c(C(C)=O)c1. The summed E-state index contributed by atoms with van der Waals surface area (Å²) in [4.78, 5) is 23.6. The Hall–Kier alpha value is -2.33. The van der Waals surface area contributed by atoms with Crippen molar-refractivity contribution in [2.24, 2.45) is 0 Å². The molecule has 0 aliphatic carbocycles. The average molecular weight is 346 g/mol. The number of benzene rings is 2. The van der Waals surface area contributed by atoms with Gasteiger partial charge in [0.2, 0.25) is 5.91 Å². The number of amides is 1. The van der Waals surface area contributed by atoms with Gasteiger partial charge in [0.25, 0.3) is 0 Å². The van der Waals surface area contributed by atoms with Crippen LogP contribution < -0.4 is 10.1 Å². The van der Waals surface area contributed by atoms with E-state index in [2.05, 4.69) is 5.32 Å². The van der Waals surface area contributed by atoms with E-state index >= 15 is 0 Å². The second-order valence-corrected chi connectivity index (χ2v) is 5.92. The predicted octanol–water partition coefficient (Wildman–Crippen LogP) is 4.86. The molecule has 1 N–H and O–H groups in total. The molecule has 0 fully saturated rings. The number of ether oxygens (including phenoxy) is 1. The Labute approximate surface area is 146 Å². The minimum absolute atomic E-state index is 0.0677. The average Bonchev–Trinajstić information content (AvgIpc) is 2.55. The molecule has 0 saturated carbocycles. The van der Waals surface area contributed by atoms with Crippen LogP contribution in [0.1, 0.15) is 42.6 Å². The fraction of sp³-hybridized carbons (Fsp3) is 0.263. The molecule has 0 heterocycles. The number of rotatable bonds is 7. The largest absolute Gasteiger partial charge is 0.488 e. The van der Waals surface area contributed by atoms with Crippen LogP contribution in [0.2, 0.25) is 5.02 Å². The van der Waals surface area contributed by atoms with Gasteiger partial charge in [-0.05, 0) is 49.2 Å². The third kappa shape index (κ3) is 5.10. The summed E-state index contributed by atoms with van der Waals surface area (Å²) in [7, 11) is 0. The quantitative estimate of drug-likeness (QED) is 0.729. The first-order valence-corrected chi connectivity index (χ1v) is 8.19. The fourth-order valence-electron chi connectivity index (χ4n) is 2.20. The normalized spacial score (nSPS) is 10.3. The zero-order valence-corrected chi connectivity index (χ0v) is 14.5. The van der Waals surface area contributed by atoms with Crippen molar-refractivity contribution < 1.29 is 14.3 Å². The highest BCUT2D eigenvalue weighted by molar-refractivity contribution is 6.30. The summed E-state index contributed by atoms with van der Waals surface area (Å²) in [6, 6.07) is 12.4. The van der Waals surface area contributed by atoms with E-state index in [1.54, 1.807) is 30.3 Å². The van der Waals surface area contributed by atoms with Gasteiger partial charge in [-0.2, -0.15) is 0 Å². The van der Waals surface area contributed by atoms with E-state index in [0.717, 1.165) is 12.0 Å². The molecule has 0 atom stereocenters. The van der Waals surface area contributed by atoms with Crippen molar-refractivity contribution in [2.45, 2.75) is 33.3 Å². The number of halogens is 1. The van der Waals surface area contributed by atoms with Gasteiger partial charge in [0.1, 0.15) is 12.4 Å². The van der Waals surface area contributed by atoms with Crippen LogP contribution in [0, 0.1) is 0 Å². The minimum Gasteiger partial charge on any atom is -0.488 e. The summed E-state index contributed by atoms with van der Waals surface area (Å²) in [5, 5.41) is 3.45. The number of hydrogen-bond acceptors (Lipinski definition) is 3. The van der Waals surface area contributed by atoms with Gasteiger partial charge >= 0.3 is 0 Å². The summed E-state index contributed by atoms with van der Waals surface area (Å²) in [6.07, 6.45) is 1.22. The second-order valence-electron chi connectivity index (χ2n) is 5.48. The van der Waals surface area contributed by atoms with E-state index in [0.29, 0.717) is 35.1 Å². The third-order valence-corrected chi connectivity index (χ3v) is 3.68. The molecule has 1 amide bonds. The lowest BCUT2D eigenvalue weighted by atomic mass is 10.1. The number of hydrogen-bond donors (Lipinski definition) is 1. The van der Waals surface area contributed by atoms with Gasteiger partial charge in [0.15, 0.2) is 5.78 Å². The van der Waals surface area contributed by atoms with Crippen molar-refractivity contribution in [3.8, 4) is 5.75 Å². The number of ketones is 1. The zero-order valence-electron chi connectivity index (χ0n) is 13.8. The Morgan fingerprint density at radius 2 is 1.83 bits per heavy atom. The Bertz CT molecular complexity index is 726. The number of anilines is 1. The molecule has 0 aromatic heterocycles. The van der Waals surface area contributed by atoms with E-state index in [4.69, 9.17) is 16.3 Å². The molecule has 0 saturated heterocycles. The van der Waals surface area contributed by atoms with Gasteiger partial charge in [-0.3, -0.25) is 9.59 Å². The lowest BCUT2D eigenvalue weighted by Gasteiger charge is -2.12. The molecule has 5 heteroatoms.